The Balaban J connectivity index is 1.81. The highest BCUT2D eigenvalue weighted by Crippen LogP contribution is 2.33. The molecule has 86 valence electrons. The second-order valence-corrected chi connectivity index (χ2v) is 4.97. The van der Waals surface area contributed by atoms with Crippen molar-refractivity contribution in [3.05, 3.63) is 23.8 Å². The third kappa shape index (κ3) is 1.96. The zero-order valence-corrected chi connectivity index (χ0v) is 9.65. The number of rotatable bonds is 2. The minimum absolute atomic E-state index is 0.404. The van der Waals surface area contributed by atoms with Crippen molar-refractivity contribution in [1.82, 2.24) is 15.3 Å². The van der Waals surface area contributed by atoms with Gasteiger partial charge in [-0.05, 0) is 38.3 Å². The topological polar surface area (TPSA) is 37.8 Å². The zero-order chi connectivity index (χ0) is 10.8. The Labute approximate surface area is 96.7 Å². The van der Waals surface area contributed by atoms with Gasteiger partial charge >= 0.3 is 0 Å². The van der Waals surface area contributed by atoms with Crippen LogP contribution in [0, 0.1) is 0 Å². The van der Waals surface area contributed by atoms with Crippen LogP contribution in [0.1, 0.15) is 62.0 Å². The molecular formula is C13H19N3. The number of hydrogen-bond donors (Lipinski definition) is 1. The van der Waals surface area contributed by atoms with Crippen LogP contribution in [0.3, 0.4) is 0 Å². The number of hydrogen-bond acceptors (Lipinski definition) is 3. The molecule has 1 atom stereocenters. The highest BCUT2D eigenvalue weighted by Gasteiger charge is 2.22. The normalized spacial score (nSPS) is 26.4. The average molecular weight is 217 g/mol. The van der Waals surface area contributed by atoms with Gasteiger partial charge in [0.05, 0.1) is 6.04 Å². The number of nitrogens with one attached hydrogen (secondary N) is 1. The summed E-state index contributed by atoms with van der Waals surface area (Å²) in [5, 5.41) is 3.47. The number of nitrogens with zero attached hydrogens (tertiary/aromatic N) is 2. The Morgan fingerprint density at radius 2 is 2.00 bits per heavy atom. The molecule has 1 aromatic rings. The Hall–Kier alpha value is -0.960. The molecule has 1 aliphatic carbocycles. The Kier molecular flexibility index (Phi) is 2.87. The van der Waals surface area contributed by atoms with Gasteiger partial charge < -0.3 is 5.32 Å². The molecule has 1 N–H and O–H groups in total. The lowest BCUT2D eigenvalue weighted by molar-refractivity contribution is 0.589. The summed E-state index contributed by atoms with van der Waals surface area (Å²) >= 11 is 0. The molecule has 1 aliphatic heterocycles. The summed E-state index contributed by atoms with van der Waals surface area (Å²) in [5.74, 6) is 1.71. The van der Waals surface area contributed by atoms with Crippen molar-refractivity contribution in [2.45, 2.75) is 50.5 Å². The van der Waals surface area contributed by atoms with E-state index in [1.54, 1.807) is 0 Å². The molecule has 0 spiro atoms. The number of aromatic nitrogens is 2. The maximum atomic E-state index is 4.76. The summed E-state index contributed by atoms with van der Waals surface area (Å²) in [6.45, 7) is 1.11. The highest BCUT2D eigenvalue weighted by molar-refractivity contribution is 5.12. The first-order valence-corrected chi connectivity index (χ1v) is 6.50. The standard InChI is InChI=1S/C13H19N3/c1-2-5-10(4-1)11-7-9-15-13(16-11)12-6-3-8-14-12/h7,9-10,12,14H,1-6,8H2. The maximum absolute atomic E-state index is 4.76. The second kappa shape index (κ2) is 4.50. The largest absolute Gasteiger partial charge is 0.307 e. The van der Waals surface area contributed by atoms with E-state index in [-0.39, 0.29) is 0 Å². The SMILES string of the molecule is c1cc(C2CCCC2)nc(C2CCCN2)n1. The van der Waals surface area contributed by atoms with Gasteiger partial charge in [0, 0.05) is 17.8 Å². The first-order chi connectivity index (χ1) is 7.93. The Morgan fingerprint density at radius 3 is 2.75 bits per heavy atom. The smallest absolute Gasteiger partial charge is 0.145 e. The van der Waals surface area contributed by atoms with E-state index in [4.69, 9.17) is 4.98 Å². The van der Waals surface area contributed by atoms with Crippen molar-refractivity contribution in [3.63, 3.8) is 0 Å². The molecule has 1 saturated carbocycles. The quantitative estimate of drug-likeness (QED) is 0.827. The summed E-state index contributed by atoms with van der Waals surface area (Å²) in [5.41, 5.74) is 1.27. The van der Waals surface area contributed by atoms with Crippen LogP contribution in [0.4, 0.5) is 0 Å². The molecule has 0 bridgehead atoms. The van der Waals surface area contributed by atoms with Crippen LogP contribution in [0.5, 0.6) is 0 Å². The van der Waals surface area contributed by atoms with Crippen LogP contribution in [0.15, 0.2) is 12.3 Å². The van der Waals surface area contributed by atoms with Gasteiger partial charge in [0.25, 0.3) is 0 Å². The van der Waals surface area contributed by atoms with Crippen LogP contribution in [0.2, 0.25) is 0 Å². The minimum Gasteiger partial charge on any atom is -0.307 e. The second-order valence-electron chi connectivity index (χ2n) is 4.97. The molecule has 3 nitrogen and oxygen atoms in total. The lowest BCUT2D eigenvalue weighted by Gasteiger charge is -2.12. The van der Waals surface area contributed by atoms with Crippen molar-refractivity contribution in [3.8, 4) is 0 Å². The summed E-state index contributed by atoms with van der Waals surface area (Å²) in [7, 11) is 0. The summed E-state index contributed by atoms with van der Waals surface area (Å²) in [4.78, 5) is 9.18. The van der Waals surface area contributed by atoms with Gasteiger partial charge in [-0.2, -0.15) is 0 Å². The van der Waals surface area contributed by atoms with Crippen molar-refractivity contribution in [2.75, 3.05) is 6.54 Å². The molecule has 0 aromatic carbocycles. The van der Waals surface area contributed by atoms with E-state index in [2.05, 4.69) is 16.4 Å². The van der Waals surface area contributed by atoms with Crippen LogP contribution in [0.25, 0.3) is 0 Å². The fourth-order valence-corrected chi connectivity index (χ4v) is 2.91. The fourth-order valence-electron chi connectivity index (χ4n) is 2.91. The maximum Gasteiger partial charge on any atom is 0.145 e. The van der Waals surface area contributed by atoms with Gasteiger partial charge in [-0.15, -0.1) is 0 Å². The van der Waals surface area contributed by atoms with E-state index in [0.717, 1.165) is 12.4 Å². The molecule has 1 saturated heterocycles. The van der Waals surface area contributed by atoms with Crippen molar-refractivity contribution in [1.29, 1.82) is 0 Å². The van der Waals surface area contributed by atoms with E-state index < -0.39 is 0 Å². The van der Waals surface area contributed by atoms with Crippen molar-refractivity contribution in [2.24, 2.45) is 0 Å². The van der Waals surface area contributed by atoms with E-state index >= 15 is 0 Å². The molecular weight excluding hydrogens is 198 g/mol. The average Bonchev–Trinajstić information content (AvgIpc) is 3.03. The molecule has 2 fully saturated rings. The third-order valence-corrected chi connectivity index (χ3v) is 3.84. The monoisotopic (exact) mass is 217 g/mol. The molecule has 0 radical (unpaired) electrons. The Bertz CT molecular complexity index is 321. The Morgan fingerprint density at radius 1 is 1.12 bits per heavy atom. The minimum atomic E-state index is 0.404. The van der Waals surface area contributed by atoms with Crippen molar-refractivity contribution < 1.29 is 0 Å². The van der Waals surface area contributed by atoms with Gasteiger partial charge in [-0.25, -0.2) is 9.97 Å². The third-order valence-electron chi connectivity index (χ3n) is 3.84. The van der Waals surface area contributed by atoms with Crippen LogP contribution in [-0.4, -0.2) is 16.5 Å². The molecule has 3 rings (SSSR count). The van der Waals surface area contributed by atoms with Gasteiger partial charge in [-0.1, -0.05) is 12.8 Å². The zero-order valence-electron chi connectivity index (χ0n) is 9.65. The first-order valence-electron chi connectivity index (χ1n) is 6.50. The van der Waals surface area contributed by atoms with Gasteiger partial charge in [0.1, 0.15) is 5.82 Å². The van der Waals surface area contributed by atoms with E-state index in [0.29, 0.717) is 12.0 Å². The van der Waals surface area contributed by atoms with Crippen LogP contribution in [-0.2, 0) is 0 Å². The summed E-state index contributed by atoms with van der Waals surface area (Å²) in [6.07, 6.45) is 9.74. The predicted molar refractivity (Wildman–Crippen MR) is 63.2 cm³/mol. The summed E-state index contributed by atoms with van der Waals surface area (Å²) < 4.78 is 0. The molecule has 1 aromatic heterocycles. The molecule has 0 amide bonds. The summed E-state index contributed by atoms with van der Waals surface area (Å²) in [6, 6.07) is 2.51. The van der Waals surface area contributed by atoms with E-state index in [1.807, 2.05) is 6.20 Å². The lowest BCUT2D eigenvalue weighted by Crippen LogP contribution is -2.16. The van der Waals surface area contributed by atoms with E-state index in [9.17, 15) is 0 Å². The van der Waals surface area contributed by atoms with Gasteiger partial charge in [-0.3, -0.25) is 0 Å². The van der Waals surface area contributed by atoms with Crippen LogP contribution >= 0.6 is 0 Å². The van der Waals surface area contributed by atoms with Gasteiger partial charge in [0.2, 0.25) is 0 Å². The van der Waals surface area contributed by atoms with Gasteiger partial charge in [0.15, 0.2) is 0 Å². The fraction of sp³-hybridized carbons (Fsp3) is 0.692. The molecule has 3 heteroatoms. The van der Waals surface area contributed by atoms with E-state index in [1.165, 1.54) is 44.2 Å². The molecule has 2 aliphatic rings. The lowest BCUT2D eigenvalue weighted by atomic mass is 10.0. The molecule has 16 heavy (non-hydrogen) atoms. The van der Waals surface area contributed by atoms with Crippen molar-refractivity contribution >= 4 is 0 Å². The highest BCUT2D eigenvalue weighted by atomic mass is 15.0. The predicted octanol–water partition coefficient (Wildman–Crippen LogP) is 2.56. The molecule has 1 unspecified atom stereocenters. The first kappa shape index (κ1) is 10.2. The molecule has 2 heterocycles. The van der Waals surface area contributed by atoms with Crippen LogP contribution < -0.4 is 5.32 Å².